The summed E-state index contributed by atoms with van der Waals surface area (Å²) in [6.07, 6.45) is 6.99. The van der Waals surface area contributed by atoms with Crippen molar-refractivity contribution in [2.45, 2.75) is 64.1 Å². The summed E-state index contributed by atoms with van der Waals surface area (Å²) in [5, 5.41) is 20.6. The highest BCUT2D eigenvalue weighted by molar-refractivity contribution is 5.75. The summed E-state index contributed by atoms with van der Waals surface area (Å²) in [5.74, 6) is -2.04. The number of aliphatic carboxylic acids is 1. The molecule has 0 saturated carbocycles. The Balaban J connectivity index is 4.25. The number of esters is 1. The quantitative estimate of drug-likeness (QED) is 0.233. The number of ether oxygens (including phenoxy) is 1. The summed E-state index contributed by atoms with van der Waals surface area (Å²) < 4.78 is 5.61. The van der Waals surface area contributed by atoms with E-state index in [0.717, 1.165) is 12.8 Å². The first-order valence-electron chi connectivity index (χ1n) is 8.69. The number of hydrogen-bond acceptors (Lipinski definition) is 5. The summed E-state index contributed by atoms with van der Waals surface area (Å²) in [7, 11) is 5.61. The second kappa shape index (κ2) is 12.0. The van der Waals surface area contributed by atoms with Crippen molar-refractivity contribution in [3.05, 3.63) is 12.2 Å². The van der Waals surface area contributed by atoms with Gasteiger partial charge in [0.2, 0.25) is 0 Å². The van der Waals surface area contributed by atoms with Gasteiger partial charge in [-0.3, -0.25) is 0 Å². The van der Waals surface area contributed by atoms with Crippen molar-refractivity contribution in [2.75, 3.05) is 27.7 Å². The molecule has 6 nitrogen and oxygen atoms in total. The maximum atomic E-state index is 11.9. The van der Waals surface area contributed by atoms with Crippen LogP contribution in [0.2, 0.25) is 0 Å². The second-order valence-corrected chi connectivity index (χ2v) is 7.17. The van der Waals surface area contributed by atoms with E-state index in [4.69, 9.17) is 4.74 Å². The Kier molecular flexibility index (Phi) is 11.3. The number of allylic oxidation sites excluding steroid dienone is 2. The van der Waals surface area contributed by atoms with Crippen LogP contribution in [-0.4, -0.2) is 61.4 Å². The molecule has 0 fully saturated rings. The van der Waals surface area contributed by atoms with Crippen LogP contribution >= 0.6 is 0 Å². The number of nitrogens with zero attached hydrogens (tertiary/aromatic N) is 1. The van der Waals surface area contributed by atoms with E-state index in [0.29, 0.717) is 17.4 Å². The molecule has 0 radical (unpaired) electrons. The molecule has 140 valence electrons. The predicted octanol–water partition coefficient (Wildman–Crippen LogP) is 1.02. The van der Waals surface area contributed by atoms with Crippen LogP contribution < -0.4 is 5.11 Å². The molecule has 2 unspecified atom stereocenters. The van der Waals surface area contributed by atoms with Crippen LogP contribution in [0.15, 0.2) is 12.2 Å². The van der Waals surface area contributed by atoms with Gasteiger partial charge in [0.05, 0.1) is 21.1 Å². The average molecular weight is 343 g/mol. The van der Waals surface area contributed by atoms with Gasteiger partial charge < -0.3 is 24.2 Å². The van der Waals surface area contributed by atoms with Crippen LogP contribution in [0.4, 0.5) is 0 Å². The van der Waals surface area contributed by atoms with Gasteiger partial charge in [-0.15, -0.1) is 0 Å². The number of likely N-dealkylation sites (N-methyl/N-ethyl adjacent to an activating group) is 1. The fraction of sp³-hybridized carbons (Fsp3) is 0.778. The van der Waals surface area contributed by atoms with Crippen LogP contribution in [0.1, 0.15) is 51.9 Å². The van der Waals surface area contributed by atoms with Crippen molar-refractivity contribution in [3.8, 4) is 0 Å². The van der Waals surface area contributed by atoms with Gasteiger partial charge in [-0.1, -0.05) is 31.9 Å². The van der Waals surface area contributed by atoms with Gasteiger partial charge >= 0.3 is 5.97 Å². The Morgan fingerprint density at radius 3 is 2.33 bits per heavy atom. The molecule has 6 heteroatoms. The van der Waals surface area contributed by atoms with E-state index in [1.165, 1.54) is 12.8 Å². The van der Waals surface area contributed by atoms with Crippen LogP contribution in [0.3, 0.4) is 0 Å². The van der Waals surface area contributed by atoms with Gasteiger partial charge in [0.25, 0.3) is 0 Å². The highest BCUT2D eigenvalue weighted by Crippen LogP contribution is 2.09. The third-order valence-electron chi connectivity index (χ3n) is 3.45. The molecule has 0 saturated heterocycles. The molecule has 0 aromatic rings. The lowest BCUT2D eigenvalue weighted by Crippen LogP contribution is -2.46. The smallest absolute Gasteiger partial charge is 0.335 e. The summed E-state index contributed by atoms with van der Waals surface area (Å²) in [6, 6.07) is 0. The third kappa shape index (κ3) is 13.1. The number of rotatable bonds is 13. The van der Waals surface area contributed by atoms with Crippen LogP contribution in [0.25, 0.3) is 0 Å². The van der Waals surface area contributed by atoms with E-state index in [2.05, 4.69) is 13.0 Å². The lowest BCUT2D eigenvalue weighted by Gasteiger charge is -2.29. The normalized spacial score (nSPS) is 14.5. The van der Waals surface area contributed by atoms with E-state index in [1.54, 1.807) is 0 Å². The zero-order valence-corrected chi connectivity index (χ0v) is 15.5. The highest BCUT2D eigenvalue weighted by Gasteiger charge is 2.25. The molecule has 1 N–H and O–H groups in total. The zero-order valence-electron chi connectivity index (χ0n) is 15.5. The number of hydrogen-bond donors (Lipinski definition) is 1. The summed E-state index contributed by atoms with van der Waals surface area (Å²) in [6.45, 7) is 2.49. The minimum absolute atomic E-state index is 0.269. The molecule has 0 bridgehead atoms. The Labute approximate surface area is 145 Å². The molecule has 0 aromatic heterocycles. The van der Waals surface area contributed by atoms with Crippen LogP contribution in [-0.2, 0) is 14.3 Å². The fourth-order valence-electron chi connectivity index (χ4n) is 2.30. The van der Waals surface area contributed by atoms with Crippen LogP contribution in [0.5, 0.6) is 0 Å². The molecule has 0 heterocycles. The van der Waals surface area contributed by atoms with Gasteiger partial charge in [0.15, 0.2) is 12.2 Å². The molecular formula is C18H33NO5. The van der Waals surface area contributed by atoms with Gasteiger partial charge in [-0.05, 0) is 25.7 Å². The number of unbranched alkanes of at least 4 members (excludes halogenated alkanes) is 3. The molecule has 0 amide bonds. The summed E-state index contributed by atoms with van der Waals surface area (Å²) in [4.78, 5) is 22.7. The molecule has 0 aromatic carbocycles. The van der Waals surface area contributed by atoms with E-state index in [-0.39, 0.29) is 12.8 Å². The molecule has 0 aliphatic heterocycles. The number of aliphatic hydroxyl groups is 1. The zero-order chi connectivity index (χ0) is 18.6. The van der Waals surface area contributed by atoms with Crippen molar-refractivity contribution in [2.24, 2.45) is 0 Å². The van der Waals surface area contributed by atoms with Crippen molar-refractivity contribution < 1.29 is 29.0 Å². The first-order chi connectivity index (χ1) is 11.2. The van der Waals surface area contributed by atoms with Gasteiger partial charge in [-0.25, -0.2) is 4.79 Å². The fourth-order valence-corrected chi connectivity index (χ4v) is 2.30. The number of carbonyl (C=O) groups excluding carboxylic acids is 2. The van der Waals surface area contributed by atoms with Crippen molar-refractivity contribution in [3.63, 3.8) is 0 Å². The third-order valence-corrected chi connectivity index (χ3v) is 3.45. The SMILES string of the molecule is CCCCC/C=C/CCC(O)C(=O)OC(CC(=O)[O-])C[N+](C)(C)C. The van der Waals surface area contributed by atoms with Crippen molar-refractivity contribution >= 4 is 11.9 Å². The van der Waals surface area contributed by atoms with Crippen molar-refractivity contribution in [1.82, 2.24) is 0 Å². The Morgan fingerprint density at radius 2 is 1.79 bits per heavy atom. The Hall–Kier alpha value is -1.40. The second-order valence-electron chi connectivity index (χ2n) is 7.17. The highest BCUT2D eigenvalue weighted by atomic mass is 16.6. The number of carboxylic acid groups (broad SMARTS) is 1. The largest absolute Gasteiger partial charge is 0.550 e. The van der Waals surface area contributed by atoms with Gasteiger partial charge in [-0.2, -0.15) is 0 Å². The molecule has 0 aliphatic carbocycles. The summed E-state index contributed by atoms with van der Waals surface area (Å²) in [5.41, 5.74) is 0. The van der Waals surface area contributed by atoms with E-state index < -0.39 is 24.1 Å². The van der Waals surface area contributed by atoms with E-state index in [1.807, 2.05) is 27.2 Å². The first kappa shape index (κ1) is 22.6. The van der Waals surface area contributed by atoms with E-state index in [9.17, 15) is 19.8 Å². The maximum Gasteiger partial charge on any atom is 0.335 e. The predicted molar refractivity (Wildman–Crippen MR) is 90.9 cm³/mol. The number of aliphatic hydroxyl groups excluding tert-OH is 1. The van der Waals surface area contributed by atoms with Gasteiger partial charge in [0, 0.05) is 12.4 Å². The number of carbonyl (C=O) groups is 2. The maximum absolute atomic E-state index is 11.9. The molecular weight excluding hydrogens is 310 g/mol. The molecule has 24 heavy (non-hydrogen) atoms. The van der Waals surface area contributed by atoms with Crippen LogP contribution in [0, 0.1) is 0 Å². The Bertz CT molecular complexity index is 401. The monoisotopic (exact) mass is 343 g/mol. The van der Waals surface area contributed by atoms with Gasteiger partial charge in [0.1, 0.15) is 6.54 Å². The minimum Gasteiger partial charge on any atom is -0.550 e. The minimum atomic E-state index is -1.27. The summed E-state index contributed by atoms with van der Waals surface area (Å²) >= 11 is 0. The number of carboxylic acids is 1. The topological polar surface area (TPSA) is 86.7 Å². The molecule has 0 aliphatic rings. The standard InChI is InChI=1S/C18H33NO5/c1-5-6-7-8-9-10-11-12-16(20)18(23)24-15(13-17(21)22)14-19(2,3)4/h9-10,15-16,20H,5-8,11-14H2,1-4H3/b10-9+. The Morgan fingerprint density at radius 1 is 1.17 bits per heavy atom. The first-order valence-corrected chi connectivity index (χ1v) is 8.69. The average Bonchev–Trinajstić information content (AvgIpc) is 2.43. The lowest BCUT2D eigenvalue weighted by atomic mass is 10.1. The molecule has 0 rings (SSSR count). The van der Waals surface area contributed by atoms with E-state index >= 15 is 0 Å². The number of quaternary nitrogens is 1. The lowest BCUT2D eigenvalue weighted by molar-refractivity contribution is -0.873. The molecule has 2 atom stereocenters. The molecule has 0 spiro atoms. The van der Waals surface area contributed by atoms with Crippen molar-refractivity contribution in [1.29, 1.82) is 0 Å².